The number of ether oxygens (including phenoxy) is 2. The first-order valence-electron chi connectivity index (χ1n) is 11.5. The normalized spacial score (nSPS) is 24.3. The summed E-state index contributed by atoms with van der Waals surface area (Å²) < 4.78 is 10.6. The van der Waals surface area contributed by atoms with Crippen molar-refractivity contribution in [2.45, 2.75) is 50.2 Å². The second-order valence-corrected chi connectivity index (χ2v) is 9.38. The van der Waals surface area contributed by atoms with E-state index in [0.717, 1.165) is 68.3 Å². The molecular weight excluding hydrogens is 428 g/mol. The van der Waals surface area contributed by atoms with E-state index in [-0.39, 0.29) is 6.04 Å². The largest absolute Gasteiger partial charge is 0.387 e. The van der Waals surface area contributed by atoms with Gasteiger partial charge < -0.3 is 25.2 Å². The van der Waals surface area contributed by atoms with Gasteiger partial charge in [-0.3, -0.25) is 0 Å². The van der Waals surface area contributed by atoms with Gasteiger partial charge in [0, 0.05) is 44.7 Å². The van der Waals surface area contributed by atoms with Gasteiger partial charge in [-0.05, 0) is 62.6 Å². The van der Waals surface area contributed by atoms with E-state index in [1.54, 1.807) is 13.3 Å². The average molecular weight is 461 g/mol. The van der Waals surface area contributed by atoms with Crippen LogP contribution in [0.15, 0.2) is 30.5 Å². The molecule has 7 nitrogen and oxygen atoms in total. The summed E-state index contributed by atoms with van der Waals surface area (Å²) in [6, 6.07) is 8.17. The number of aromatic nitrogens is 2. The molecule has 0 bridgehead atoms. The summed E-state index contributed by atoms with van der Waals surface area (Å²) in [6.45, 7) is 2.96. The minimum absolute atomic E-state index is 0.258. The Morgan fingerprint density at radius 2 is 1.97 bits per heavy atom. The van der Waals surface area contributed by atoms with E-state index in [2.05, 4.69) is 15.6 Å². The SMILES string of the molecule is COCC1(O)CCC(Nc2cc(-c3cccc(NCC4CCOCC4)n3)c(Cl)cn2)CC1. The number of nitrogens with zero attached hydrogens (tertiary/aromatic N) is 2. The first kappa shape index (κ1) is 23.2. The van der Waals surface area contributed by atoms with Gasteiger partial charge in [-0.2, -0.15) is 0 Å². The van der Waals surface area contributed by atoms with Gasteiger partial charge in [0.25, 0.3) is 0 Å². The second-order valence-electron chi connectivity index (χ2n) is 8.97. The zero-order valence-corrected chi connectivity index (χ0v) is 19.4. The summed E-state index contributed by atoms with van der Waals surface area (Å²) in [6.07, 6.45) is 6.99. The maximum atomic E-state index is 10.5. The van der Waals surface area contributed by atoms with Crippen molar-refractivity contribution in [3.8, 4) is 11.3 Å². The van der Waals surface area contributed by atoms with Crippen LogP contribution in [-0.4, -0.2) is 60.2 Å². The van der Waals surface area contributed by atoms with Gasteiger partial charge in [0.1, 0.15) is 11.6 Å². The maximum Gasteiger partial charge on any atom is 0.126 e. The monoisotopic (exact) mass is 460 g/mol. The summed E-state index contributed by atoms with van der Waals surface area (Å²) in [4.78, 5) is 9.25. The second kappa shape index (κ2) is 10.8. The Kier molecular flexibility index (Phi) is 7.84. The van der Waals surface area contributed by atoms with E-state index in [4.69, 9.17) is 26.1 Å². The summed E-state index contributed by atoms with van der Waals surface area (Å²) in [5, 5.41) is 18.1. The lowest BCUT2D eigenvalue weighted by atomic mass is 9.82. The van der Waals surface area contributed by atoms with E-state index in [0.29, 0.717) is 30.4 Å². The van der Waals surface area contributed by atoms with E-state index in [1.165, 1.54) is 0 Å². The van der Waals surface area contributed by atoms with Crippen molar-refractivity contribution in [2.75, 3.05) is 44.1 Å². The van der Waals surface area contributed by atoms with Crippen LogP contribution in [0.3, 0.4) is 0 Å². The van der Waals surface area contributed by atoms with Gasteiger partial charge in [-0.25, -0.2) is 9.97 Å². The molecule has 174 valence electrons. The fourth-order valence-electron chi connectivity index (χ4n) is 4.52. The third-order valence-corrected chi connectivity index (χ3v) is 6.78. The number of methoxy groups -OCH3 is 1. The first-order valence-corrected chi connectivity index (χ1v) is 11.8. The maximum absolute atomic E-state index is 10.5. The quantitative estimate of drug-likeness (QED) is 0.539. The topological polar surface area (TPSA) is 88.5 Å². The molecule has 0 amide bonds. The third kappa shape index (κ3) is 6.10. The fourth-order valence-corrected chi connectivity index (χ4v) is 4.72. The van der Waals surface area contributed by atoms with Gasteiger partial charge in [-0.15, -0.1) is 0 Å². The average Bonchev–Trinajstić information content (AvgIpc) is 2.81. The van der Waals surface area contributed by atoms with Crippen molar-refractivity contribution in [3.05, 3.63) is 35.5 Å². The number of anilines is 2. The highest BCUT2D eigenvalue weighted by Gasteiger charge is 2.33. The molecule has 0 spiro atoms. The van der Waals surface area contributed by atoms with Crippen LogP contribution in [0.5, 0.6) is 0 Å². The van der Waals surface area contributed by atoms with Crippen LogP contribution in [0.1, 0.15) is 38.5 Å². The molecule has 0 radical (unpaired) electrons. The predicted octanol–water partition coefficient (Wildman–Crippen LogP) is 4.37. The highest BCUT2D eigenvalue weighted by Crippen LogP contribution is 2.32. The molecule has 3 N–H and O–H groups in total. The molecule has 0 unspecified atom stereocenters. The van der Waals surface area contributed by atoms with Gasteiger partial charge >= 0.3 is 0 Å². The summed E-state index contributed by atoms with van der Waals surface area (Å²) in [5.74, 6) is 2.24. The number of halogens is 1. The Bertz CT molecular complexity index is 883. The standard InChI is InChI=1S/C24H33ClN4O3/c1-31-16-24(30)9-5-18(6-10-24)28-23-13-19(20(25)15-27-23)21-3-2-4-22(29-21)26-14-17-7-11-32-12-8-17/h2-4,13,15,17-18,30H,5-12,14,16H2,1H3,(H,26,29)(H,27,28). The zero-order valence-electron chi connectivity index (χ0n) is 18.6. The number of hydrogen-bond acceptors (Lipinski definition) is 7. The first-order chi connectivity index (χ1) is 15.5. The summed E-state index contributed by atoms with van der Waals surface area (Å²) >= 11 is 6.49. The lowest BCUT2D eigenvalue weighted by molar-refractivity contribution is -0.0572. The van der Waals surface area contributed by atoms with Crippen molar-refractivity contribution in [3.63, 3.8) is 0 Å². The van der Waals surface area contributed by atoms with Crippen molar-refractivity contribution >= 4 is 23.2 Å². The van der Waals surface area contributed by atoms with Gasteiger partial charge in [0.2, 0.25) is 0 Å². The molecule has 3 heterocycles. The molecule has 2 aromatic rings. The zero-order chi connectivity index (χ0) is 22.4. The predicted molar refractivity (Wildman–Crippen MR) is 127 cm³/mol. The number of pyridine rings is 2. The minimum Gasteiger partial charge on any atom is -0.387 e. The summed E-state index contributed by atoms with van der Waals surface area (Å²) in [5.41, 5.74) is 0.953. The molecule has 8 heteroatoms. The minimum atomic E-state index is -0.715. The number of aliphatic hydroxyl groups is 1. The van der Waals surface area contributed by atoms with Crippen LogP contribution in [0.4, 0.5) is 11.6 Å². The van der Waals surface area contributed by atoms with Crippen molar-refractivity contribution < 1.29 is 14.6 Å². The Balaban J connectivity index is 1.40. The summed E-state index contributed by atoms with van der Waals surface area (Å²) in [7, 11) is 1.63. The molecule has 32 heavy (non-hydrogen) atoms. The molecule has 0 atom stereocenters. The molecule has 2 aromatic heterocycles. The number of rotatable bonds is 8. The van der Waals surface area contributed by atoms with Crippen LogP contribution in [0.2, 0.25) is 5.02 Å². The Morgan fingerprint density at radius 3 is 2.72 bits per heavy atom. The van der Waals surface area contributed by atoms with E-state index in [9.17, 15) is 5.11 Å². The number of hydrogen-bond donors (Lipinski definition) is 3. The highest BCUT2D eigenvalue weighted by atomic mass is 35.5. The van der Waals surface area contributed by atoms with Crippen LogP contribution in [0.25, 0.3) is 11.3 Å². The number of nitrogens with one attached hydrogen (secondary N) is 2. The molecule has 2 fully saturated rings. The van der Waals surface area contributed by atoms with Crippen LogP contribution >= 0.6 is 11.6 Å². The van der Waals surface area contributed by atoms with Crippen molar-refractivity contribution in [2.24, 2.45) is 5.92 Å². The van der Waals surface area contributed by atoms with Crippen molar-refractivity contribution in [1.82, 2.24) is 9.97 Å². The van der Waals surface area contributed by atoms with E-state index in [1.807, 2.05) is 24.3 Å². The Labute approximate surface area is 194 Å². The van der Waals surface area contributed by atoms with E-state index >= 15 is 0 Å². The highest BCUT2D eigenvalue weighted by molar-refractivity contribution is 6.33. The Morgan fingerprint density at radius 1 is 1.19 bits per heavy atom. The molecular formula is C24H33ClN4O3. The molecule has 1 aliphatic heterocycles. The van der Waals surface area contributed by atoms with Gasteiger partial charge in [0.15, 0.2) is 0 Å². The molecule has 1 saturated carbocycles. The Hall–Kier alpha value is -1.93. The lowest BCUT2D eigenvalue weighted by Crippen LogP contribution is -2.41. The molecule has 1 saturated heterocycles. The molecule has 1 aliphatic carbocycles. The van der Waals surface area contributed by atoms with Crippen LogP contribution < -0.4 is 10.6 Å². The third-order valence-electron chi connectivity index (χ3n) is 6.47. The molecule has 2 aliphatic rings. The smallest absolute Gasteiger partial charge is 0.126 e. The van der Waals surface area contributed by atoms with E-state index < -0.39 is 5.60 Å². The molecule has 4 rings (SSSR count). The fraction of sp³-hybridized carbons (Fsp3) is 0.583. The van der Waals surface area contributed by atoms with Crippen LogP contribution in [-0.2, 0) is 9.47 Å². The van der Waals surface area contributed by atoms with Crippen molar-refractivity contribution in [1.29, 1.82) is 0 Å². The van der Waals surface area contributed by atoms with Gasteiger partial charge in [0.05, 0.1) is 22.9 Å². The van der Waals surface area contributed by atoms with Gasteiger partial charge in [-0.1, -0.05) is 17.7 Å². The molecule has 0 aromatic carbocycles. The van der Waals surface area contributed by atoms with Crippen LogP contribution in [0, 0.1) is 5.92 Å². The lowest BCUT2D eigenvalue weighted by Gasteiger charge is -2.35.